The highest BCUT2D eigenvalue weighted by molar-refractivity contribution is 5.32. The molecule has 0 fully saturated rings. The molecule has 0 heterocycles. The van der Waals surface area contributed by atoms with Crippen LogP contribution in [0.5, 0.6) is 0 Å². The summed E-state index contributed by atoms with van der Waals surface area (Å²) in [6.07, 6.45) is 0. The Labute approximate surface area is 794 Å². The average Bonchev–Trinajstić information content (AvgIpc) is 0.875. The predicted molar refractivity (Wildman–Crippen MR) is 533 cm³/mol. The van der Waals surface area contributed by atoms with Crippen LogP contribution in [0.4, 0.5) is 70.2 Å². The Morgan fingerprint density at radius 3 is 0.281 bits per heavy atom. The molecule has 720 valence electrons. The molecule has 0 saturated carbocycles. The van der Waals surface area contributed by atoms with Gasteiger partial charge in [0.15, 0.2) is 11.6 Å². The third kappa shape index (κ3) is 51.9. The first-order chi connectivity index (χ1) is 63.0. The van der Waals surface area contributed by atoms with Gasteiger partial charge in [0.1, 0.15) is 81.4 Å². The zero-order valence-corrected chi connectivity index (χ0v) is 83.5. The highest BCUT2D eigenvalue weighted by Crippen LogP contribution is 2.20. The van der Waals surface area contributed by atoms with E-state index in [1.54, 1.807) is 93.5 Å². The van der Waals surface area contributed by atoms with Crippen molar-refractivity contribution in [2.24, 2.45) is 0 Å². The van der Waals surface area contributed by atoms with Crippen molar-refractivity contribution in [2.75, 3.05) is 0 Å². The van der Waals surface area contributed by atoms with Gasteiger partial charge >= 0.3 is 0 Å². The van der Waals surface area contributed by atoms with E-state index >= 15 is 0 Å². The van der Waals surface area contributed by atoms with E-state index < -0.39 is 69.8 Å². The number of benzene rings is 15. The summed E-state index contributed by atoms with van der Waals surface area (Å²) in [5.41, 5.74) is 24.2. The second-order valence-electron chi connectivity index (χ2n) is 33.5. The van der Waals surface area contributed by atoms with E-state index in [0.717, 1.165) is 39.9 Å². The lowest BCUT2D eigenvalue weighted by Gasteiger charge is -1.98. The molecular formula is C119H132F16. The maximum absolute atomic E-state index is 12.6. The number of halogens is 16. The molecule has 0 aliphatic rings. The Kier molecular flexibility index (Phi) is 55.8. The van der Waals surface area contributed by atoms with E-state index in [9.17, 15) is 70.2 Å². The van der Waals surface area contributed by atoms with Crippen LogP contribution in [-0.4, -0.2) is 0 Å². The van der Waals surface area contributed by atoms with Crippen LogP contribution in [0.15, 0.2) is 273 Å². The Morgan fingerprint density at radius 1 is 0.0889 bits per heavy atom. The third-order valence-corrected chi connectivity index (χ3v) is 19.6. The van der Waals surface area contributed by atoms with Crippen molar-refractivity contribution in [3.63, 3.8) is 0 Å². The van der Waals surface area contributed by atoms with Gasteiger partial charge in [-0.05, 0) is 376 Å². The number of aryl methyl sites for hydroxylation is 24. The van der Waals surface area contributed by atoms with E-state index in [1.165, 1.54) is 181 Å². The molecule has 0 aliphatic carbocycles. The lowest BCUT2D eigenvalue weighted by Crippen LogP contribution is -1.89. The molecule has 0 unspecified atom stereocenters. The van der Waals surface area contributed by atoms with E-state index in [-0.39, 0.29) is 51.1 Å². The van der Waals surface area contributed by atoms with Crippen LogP contribution in [0.2, 0.25) is 0 Å². The fourth-order valence-corrected chi connectivity index (χ4v) is 10.4. The molecule has 0 nitrogen and oxygen atoms in total. The van der Waals surface area contributed by atoms with Crippen molar-refractivity contribution in [2.45, 2.75) is 201 Å². The molecule has 15 aromatic carbocycles. The monoisotopic (exact) mass is 1870 g/mol. The van der Waals surface area contributed by atoms with Gasteiger partial charge in [0, 0.05) is 27.8 Å². The van der Waals surface area contributed by atoms with Crippen LogP contribution >= 0.6 is 0 Å². The van der Waals surface area contributed by atoms with Crippen molar-refractivity contribution >= 4 is 0 Å². The molecule has 0 bridgehead atoms. The molecule has 0 radical (unpaired) electrons. The molecule has 0 aromatic heterocycles. The summed E-state index contributed by atoms with van der Waals surface area (Å²) in [5, 5.41) is 0. The van der Waals surface area contributed by atoms with Gasteiger partial charge in [-0.3, -0.25) is 0 Å². The van der Waals surface area contributed by atoms with Crippen LogP contribution < -0.4 is 0 Å². The second-order valence-corrected chi connectivity index (χ2v) is 33.5. The standard InChI is InChI=1S/5C8H8F2.4C8H9F.5C8H10.C7H6F2/c5*1-5-3-7(9)6(2)8(10)4-5;4*1-6-3-4-7(2)8(9)5-6;5*1-7-3-5-8(2)6-4-7;1-5-2-3-6(8)7(9)4-5/h5*3-4H,1-2H3;4*3-5H,1-2H3;5*3-6H,1-2H3;2-4H,1H3. The third-order valence-electron chi connectivity index (χ3n) is 19.6. The number of rotatable bonds is 0. The molecule has 0 saturated heterocycles. The fourth-order valence-electron chi connectivity index (χ4n) is 10.4. The average molecular weight is 1870 g/mol. The van der Waals surface area contributed by atoms with Crippen molar-refractivity contribution in [3.8, 4) is 0 Å². The van der Waals surface area contributed by atoms with Crippen LogP contribution in [0, 0.1) is 294 Å². The van der Waals surface area contributed by atoms with Gasteiger partial charge in [-0.1, -0.05) is 232 Å². The van der Waals surface area contributed by atoms with E-state index in [2.05, 4.69) is 191 Å². The predicted octanol–water partition coefficient (Wildman–Crippen LogP) is 36.5. The Morgan fingerprint density at radius 2 is 0.185 bits per heavy atom. The largest absolute Gasteiger partial charge is 0.207 e. The molecule has 15 aromatic rings. The molecule has 0 N–H and O–H groups in total. The van der Waals surface area contributed by atoms with Gasteiger partial charge in [0.2, 0.25) is 0 Å². The van der Waals surface area contributed by atoms with Crippen molar-refractivity contribution in [1.82, 2.24) is 0 Å². The number of hydrogen-bond acceptors (Lipinski definition) is 0. The Hall–Kier alpha value is -12.8. The maximum atomic E-state index is 12.6. The summed E-state index contributed by atoms with van der Waals surface area (Å²) in [6, 6.07) is 80.3. The quantitative estimate of drug-likeness (QED) is 0.133. The Balaban J connectivity index is 0.000000724. The van der Waals surface area contributed by atoms with E-state index in [1.807, 2.05) is 52.0 Å². The smallest absolute Gasteiger partial charge is 0.159 e. The molecule has 0 atom stereocenters. The van der Waals surface area contributed by atoms with E-state index in [4.69, 9.17) is 0 Å². The molecule has 0 spiro atoms. The van der Waals surface area contributed by atoms with Gasteiger partial charge in [0.05, 0.1) is 0 Å². The molecular weight excluding hydrogens is 1730 g/mol. The highest BCUT2D eigenvalue weighted by Gasteiger charge is 2.09. The van der Waals surface area contributed by atoms with Crippen LogP contribution in [0.1, 0.15) is 161 Å². The molecule has 15 rings (SSSR count). The lowest BCUT2D eigenvalue weighted by molar-refractivity contribution is 0.508. The summed E-state index contributed by atoms with van der Waals surface area (Å²) < 4.78 is 201. The summed E-state index contributed by atoms with van der Waals surface area (Å²) in [7, 11) is 0. The van der Waals surface area contributed by atoms with Crippen molar-refractivity contribution in [3.05, 3.63) is 527 Å². The summed E-state index contributed by atoms with van der Waals surface area (Å²) in [6.45, 7) is 52.6. The first-order valence-electron chi connectivity index (χ1n) is 43.6. The van der Waals surface area contributed by atoms with Crippen LogP contribution in [-0.2, 0) is 0 Å². The van der Waals surface area contributed by atoms with Gasteiger partial charge in [0.25, 0.3) is 0 Å². The normalized spacial score (nSPS) is 9.67. The fraction of sp³-hybridized carbons (Fsp3) is 0.244. The Bertz CT molecular complexity index is 4970. The van der Waals surface area contributed by atoms with E-state index in [0.29, 0.717) is 50.1 Å². The molecule has 135 heavy (non-hydrogen) atoms. The topological polar surface area (TPSA) is 0 Å². The lowest BCUT2D eigenvalue weighted by atomic mass is 10.1. The zero-order chi connectivity index (χ0) is 103. The van der Waals surface area contributed by atoms with Gasteiger partial charge < -0.3 is 0 Å². The molecule has 0 aliphatic heterocycles. The van der Waals surface area contributed by atoms with Crippen LogP contribution in [0.25, 0.3) is 0 Å². The maximum Gasteiger partial charge on any atom is 0.159 e. The molecule has 0 amide bonds. The second kappa shape index (κ2) is 62.6. The first-order valence-corrected chi connectivity index (χ1v) is 43.6. The number of hydrogen-bond donors (Lipinski definition) is 0. The summed E-state index contributed by atoms with van der Waals surface area (Å²) >= 11 is 0. The molecule has 16 heteroatoms. The summed E-state index contributed by atoms with van der Waals surface area (Å²) in [4.78, 5) is 0. The van der Waals surface area contributed by atoms with Crippen LogP contribution in [0.3, 0.4) is 0 Å². The van der Waals surface area contributed by atoms with Gasteiger partial charge in [-0.2, -0.15) is 0 Å². The first kappa shape index (κ1) is 120. The highest BCUT2D eigenvalue weighted by atomic mass is 19.2. The minimum atomic E-state index is -0.791. The SMILES string of the molecule is Cc1cc(F)c(C)c(F)c1.Cc1cc(F)c(C)c(F)c1.Cc1cc(F)c(C)c(F)c1.Cc1cc(F)c(C)c(F)c1.Cc1cc(F)c(C)c(F)c1.Cc1ccc(C)c(F)c1.Cc1ccc(C)c(F)c1.Cc1ccc(C)c(F)c1.Cc1ccc(C)c(F)c1.Cc1ccc(C)cc1.Cc1ccc(C)cc1.Cc1ccc(C)cc1.Cc1ccc(C)cc1.Cc1ccc(C)cc1.Cc1ccc(F)c(F)c1. The minimum Gasteiger partial charge on any atom is -0.207 e. The zero-order valence-electron chi connectivity index (χ0n) is 83.5. The van der Waals surface area contributed by atoms with Gasteiger partial charge in [-0.15, -0.1) is 0 Å². The minimum absolute atomic E-state index is 0.0885. The van der Waals surface area contributed by atoms with Gasteiger partial charge in [-0.25, -0.2) is 70.2 Å². The van der Waals surface area contributed by atoms with Crippen molar-refractivity contribution in [1.29, 1.82) is 0 Å². The summed E-state index contributed by atoms with van der Waals surface area (Å²) in [5.74, 6) is -6.78. The van der Waals surface area contributed by atoms with Crippen molar-refractivity contribution < 1.29 is 70.2 Å².